The molecule has 0 aliphatic heterocycles. The van der Waals surface area contributed by atoms with Gasteiger partial charge in [0, 0.05) is 36.3 Å². The summed E-state index contributed by atoms with van der Waals surface area (Å²) in [6, 6.07) is 11.7. The van der Waals surface area contributed by atoms with E-state index in [2.05, 4.69) is 10.6 Å². The van der Waals surface area contributed by atoms with Gasteiger partial charge in [-0.15, -0.1) is 0 Å². The maximum atomic E-state index is 12.8. The molecular formula is C19H19ClFN3O3. The fourth-order valence-corrected chi connectivity index (χ4v) is 2.34. The number of rotatable bonds is 7. The first-order valence-electron chi connectivity index (χ1n) is 8.18. The Kier molecular flexibility index (Phi) is 7.31. The molecular weight excluding hydrogens is 373 g/mol. The number of benzene rings is 2. The molecule has 8 heteroatoms. The maximum absolute atomic E-state index is 12.8. The molecule has 0 saturated carbocycles. The lowest BCUT2D eigenvalue weighted by Gasteiger charge is -2.17. The molecule has 3 amide bonds. The Hall–Kier alpha value is -2.93. The Morgan fingerprint density at radius 1 is 1.04 bits per heavy atom. The van der Waals surface area contributed by atoms with E-state index < -0.39 is 11.7 Å². The highest BCUT2D eigenvalue weighted by Gasteiger charge is 2.14. The van der Waals surface area contributed by atoms with Crippen molar-refractivity contribution in [2.24, 2.45) is 0 Å². The highest BCUT2D eigenvalue weighted by Crippen LogP contribution is 2.09. The molecule has 0 fully saturated rings. The fraction of sp³-hybridized carbons (Fsp3) is 0.211. The number of nitrogens with zero attached hydrogens (tertiary/aromatic N) is 1. The van der Waals surface area contributed by atoms with Crippen LogP contribution in [0.15, 0.2) is 48.5 Å². The first-order chi connectivity index (χ1) is 12.8. The molecule has 2 aromatic carbocycles. The summed E-state index contributed by atoms with van der Waals surface area (Å²) in [7, 11) is 1.49. The third-order valence-corrected chi connectivity index (χ3v) is 3.92. The van der Waals surface area contributed by atoms with Gasteiger partial charge < -0.3 is 15.5 Å². The van der Waals surface area contributed by atoms with Gasteiger partial charge in [-0.25, -0.2) is 4.39 Å². The zero-order chi connectivity index (χ0) is 19.8. The Balaban J connectivity index is 1.73. The predicted molar refractivity (Wildman–Crippen MR) is 101 cm³/mol. The van der Waals surface area contributed by atoms with Gasteiger partial charge in [0.15, 0.2) is 0 Å². The van der Waals surface area contributed by atoms with Crippen molar-refractivity contribution in [1.82, 2.24) is 10.2 Å². The molecule has 0 aromatic heterocycles. The Morgan fingerprint density at radius 3 is 2.30 bits per heavy atom. The van der Waals surface area contributed by atoms with Crippen LogP contribution in [0.4, 0.5) is 10.1 Å². The van der Waals surface area contributed by atoms with Crippen LogP contribution in [-0.4, -0.2) is 42.8 Å². The van der Waals surface area contributed by atoms with Crippen molar-refractivity contribution in [2.75, 3.05) is 25.5 Å². The molecule has 0 spiro atoms. The number of anilines is 1. The number of carbonyl (C=O) groups is 3. The molecule has 0 heterocycles. The predicted octanol–water partition coefficient (Wildman–Crippen LogP) is 2.70. The second kappa shape index (κ2) is 9.68. The molecule has 142 valence electrons. The average molecular weight is 392 g/mol. The molecule has 0 saturated heterocycles. The molecule has 0 unspecified atom stereocenters. The Labute approximate surface area is 161 Å². The number of hydrogen-bond acceptors (Lipinski definition) is 3. The van der Waals surface area contributed by atoms with Gasteiger partial charge in [-0.05, 0) is 48.5 Å². The summed E-state index contributed by atoms with van der Waals surface area (Å²) < 4.78 is 12.8. The molecule has 0 radical (unpaired) electrons. The van der Waals surface area contributed by atoms with Gasteiger partial charge in [0.1, 0.15) is 5.82 Å². The van der Waals surface area contributed by atoms with E-state index in [1.165, 1.54) is 36.2 Å². The third-order valence-electron chi connectivity index (χ3n) is 3.67. The quantitative estimate of drug-likeness (QED) is 0.761. The lowest BCUT2D eigenvalue weighted by Crippen LogP contribution is -2.37. The van der Waals surface area contributed by atoms with Gasteiger partial charge in [-0.1, -0.05) is 11.6 Å². The minimum atomic E-state index is -0.402. The standard InChI is InChI=1S/C19H19ClFN3O3/c1-24(12-17(25)23-16-8-6-15(21)7-9-16)18(26)10-11-22-19(27)13-2-4-14(20)5-3-13/h2-9H,10-12H2,1H3,(H,22,27)(H,23,25). The van der Waals surface area contributed by atoms with Crippen LogP contribution in [-0.2, 0) is 9.59 Å². The molecule has 6 nitrogen and oxygen atoms in total. The number of nitrogens with one attached hydrogen (secondary N) is 2. The normalized spacial score (nSPS) is 10.2. The van der Waals surface area contributed by atoms with Crippen LogP contribution in [0.2, 0.25) is 5.02 Å². The van der Waals surface area contributed by atoms with Crippen molar-refractivity contribution in [3.8, 4) is 0 Å². The zero-order valence-corrected chi connectivity index (χ0v) is 15.4. The minimum Gasteiger partial charge on any atom is -0.352 e. The van der Waals surface area contributed by atoms with Gasteiger partial charge in [-0.2, -0.15) is 0 Å². The van der Waals surface area contributed by atoms with Gasteiger partial charge in [0.25, 0.3) is 5.91 Å². The molecule has 27 heavy (non-hydrogen) atoms. The summed E-state index contributed by atoms with van der Waals surface area (Å²) in [5, 5.41) is 5.74. The largest absolute Gasteiger partial charge is 0.352 e. The Morgan fingerprint density at radius 2 is 1.67 bits per heavy atom. The third kappa shape index (κ3) is 6.71. The highest BCUT2D eigenvalue weighted by atomic mass is 35.5. The van der Waals surface area contributed by atoms with Crippen molar-refractivity contribution < 1.29 is 18.8 Å². The fourth-order valence-electron chi connectivity index (χ4n) is 2.21. The summed E-state index contributed by atoms with van der Waals surface area (Å²) in [5.41, 5.74) is 0.886. The Bertz CT molecular complexity index is 810. The van der Waals surface area contributed by atoms with E-state index in [4.69, 9.17) is 11.6 Å². The second-order valence-corrected chi connectivity index (χ2v) is 6.25. The van der Waals surface area contributed by atoms with Crippen LogP contribution in [0.1, 0.15) is 16.8 Å². The monoisotopic (exact) mass is 391 g/mol. The molecule has 0 aliphatic rings. The second-order valence-electron chi connectivity index (χ2n) is 5.82. The molecule has 2 rings (SSSR count). The van der Waals surface area contributed by atoms with Crippen LogP contribution >= 0.6 is 11.6 Å². The summed E-state index contributed by atoms with van der Waals surface area (Å²) in [5.74, 6) is -1.40. The summed E-state index contributed by atoms with van der Waals surface area (Å²) in [6.07, 6.45) is 0.0552. The first kappa shape index (κ1) is 20.4. The zero-order valence-electron chi connectivity index (χ0n) is 14.7. The summed E-state index contributed by atoms with van der Waals surface area (Å²) in [6.45, 7) is -0.00838. The van der Waals surface area contributed by atoms with E-state index in [0.29, 0.717) is 16.3 Å². The number of likely N-dealkylation sites (N-methyl/N-ethyl adjacent to an activating group) is 1. The van der Waals surface area contributed by atoms with Crippen molar-refractivity contribution in [2.45, 2.75) is 6.42 Å². The van der Waals surface area contributed by atoms with Gasteiger partial charge in [0.2, 0.25) is 11.8 Å². The van der Waals surface area contributed by atoms with Crippen molar-refractivity contribution in [3.63, 3.8) is 0 Å². The van der Waals surface area contributed by atoms with E-state index in [-0.39, 0.29) is 31.3 Å². The van der Waals surface area contributed by atoms with Crippen molar-refractivity contribution in [3.05, 3.63) is 64.9 Å². The SMILES string of the molecule is CN(CC(=O)Nc1ccc(F)cc1)C(=O)CCNC(=O)c1ccc(Cl)cc1. The molecule has 0 aliphatic carbocycles. The van der Waals surface area contributed by atoms with Crippen molar-refractivity contribution in [1.29, 1.82) is 0 Å². The lowest BCUT2D eigenvalue weighted by molar-refractivity contribution is -0.133. The van der Waals surface area contributed by atoms with Crippen LogP contribution in [0, 0.1) is 5.82 Å². The van der Waals surface area contributed by atoms with Crippen LogP contribution < -0.4 is 10.6 Å². The van der Waals surface area contributed by atoms with E-state index in [1.807, 2.05) is 0 Å². The molecule has 2 N–H and O–H groups in total. The molecule has 0 atom stereocenters. The summed E-state index contributed by atoms with van der Waals surface area (Å²) >= 11 is 5.77. The van der Waals surface area contributed by atoms with Crippen molar-refractivity contribution >= 4 is 35.0 Å². The van der Waals surface area contributed by atoms with Gasteiger partial charge >= 0.3 is 0 Å². The first-order valence-corrected chi connectivity index (χ1v) is 8.56. The topological polar surface area (TPSA) is 78.5 Å². The maximum Gasteiger partial charge on any atom is 0.251 e. The molecule has 0 bridgehead atoms. The van der Waals surface area contributed by atoms with E-state index in [1.54, 1.807) is 24.3 Å². The minimum absolute atomic E-state index is 0.0552. The highest BCUT2D eigenvalue weighted by molar-refractivity contribution is 6.30. The average Bonchev–Trinajstić information content (AvgIpc) is 2.63. The number of halogens is 2. The van der Waals surface area contributed by atoms with E-state index in [0.717, 1.165) is 0 Å². The van der Waals surface area contributed by atoms with Crippen LogP contribution in [0.5, 0.6) is 0 Å². The smallest absolute Gasteiger partial charge is 0.251 e. The number of carbonyl (C=O) groups excluding carboxylic acids is 3. The number of hydrogen-bond donors (Lipinski definition) is 2. The van der Waals surface area contributed by atoms with E-state index >= 15 is 0 Å². The summed E-state index contributed by atoms with van der Waals surface area (Å²) in [4.78, 5) is 37.2. The number of amides is 3. The lowest BCUT2D eigenvalue weighted by atomic mass is 10.2. The van der Waals surface area contributed by atoms with Crippen LogP contribution in [0.25, 0.3) is 0 Å². The molecule has 2 aromatic rings. The van der Waals surface area contributed by atoms with Gasteiger partial charge in [-0.3, -0.25) is 14.4 Å². The van der Waals surface area contributed by atoms with Gasteiger partial charge in [0.05, 0.1) is 6.54 Å². The van der Waals surface area contributed by atoms with E-state index in [9.17, 15) is 18.8 Å². The van der Waals surface area contributed by atoms with Crippen LogP contribution in [0.3, 0.4) is 0 Å².